The largest absolute Gasteiger partial charge is 4.00 e. The molecule has 0 saturated heterocycles. The predicted molar refractivity (Wildman–Crippen MR) is 83.7 cm³/mol. The molecule has 2 aliphatic carbocycles. The maximum atomic E-state index is 2.99. The van der Waals surface area contributed by atoms with Crippen LogP contribution in [0.5, 0.6) is 0 Å². The second-order valence-corrected chi connectivity index (χ2v) is 5.01. The molecule has 104 valence electrons. The van der Waals surface area contributed by atoms with Gasteiger partial charge < -0.3 is 11.8 Å². The van der Waals surface area contributed by atoms with Gasteiger partial charge in [0.25, 0.3) is 0 Å². The third-order valence-corrected chi connectivity index (χ3v) is 1.17. The average Bonchev–Trinajstić information content (AvgIpc) is 2.96. The van der Waals surface area contributed by atoms with Crippen molar-refractivity contribution >= 4 is 0 Å². The van der Waals surface area contributed by atoms with E-state index in [2.05, 4.69) is 65.8 Å². The second kappa shape index (κ2) is 20.0. The van der Waals surface area contributed by atoms with E-state index in [0.29, 0.717) is 0 Å². The molecular formula is C18H28Ti. The fourth-order valence-corrected chi connectivity index (χ4v) is 0.680. The molecule has 2 aliphatic rings. The van der Waals surface area contributed by atoms with Gasteiger partial charge in [-0.25, -0.2) is 24.3 Å². The van der Waals surface area contributed by atoms with Crippen molar-refractivity contribution in [2.45, 2.75) is 54.4 Å². The summed E-state index contributed by atoms with van der Waals surface area (Å²) in [6.07, 6.45) is 20.0. The Labute approximate surface area is 136 Å². The van der Waals surface area contributed by atoms with E-state index in [-0.39, 0.29) is 21.7 Å². The summed E-state index contributed by atoms with van der Waals surface area (Å²) in [5.41, 5.74) is 0. The van der Waals surface area contributed by atoms with Gasteiger partial charge in [-0.1, -0.05) is 0 Å². The molecule has 0 aromatic carbocycles. The Hall–Kier alpha value is -0.326. The molecule has 0 atom stereocenters. The smallest absolute Gasteiger partial charge is 0.323 e. The minimum Gasteiger partial charge on any atom is -0.323 e. The topological polar surface area (TPSA) is 0 Å². The van der Waals surface area contributed by atoms with E-state index in [9.17, 15) is 0 Å². The summed E-state index contributed by atoms with van der Waals surface area (Å²) in [5.74, 6) is 2.83. The SMILES string of the molecule is C[C-](C)C.C[C-](C)C.[C-]1=CC=CC1.[C-]1=CC=CC1.[Ti+4]. The van der Waals surface area contributed by atoms with E-state index < -0.39 is 0 Å². The standard InChI is InChI=1S/2C5H5.2C4H9.Ti/c2*1-2-4-5-3-1;2*1-4(2)3;/h2*1-3H,4H2;2*1-3H3;/q4*-1;+4. The van der Waals surface area contributed by atoms with Gasteiger partial charge in [-0.05, 0) is 0 Å². The van der Waals surface area contributed by atoms with Gasteiger partial charge in [0.2, 0.25) is 0 Å². The normalized spacial score (nSPS) is 13.1. The molecule has 0 spiro atoms. The molecule has 1 heteroatoms. The Bertz CT molecular complexity index is 201. The zero-order valence-electron chi connectivity index (χ0n) is 13.4. The van der Waals surface area contributed by atoms with E-state index in [1.165, 1.54) is 11.8 Å². The van der Waals surface area contributed by atoms with Crippen molar-refractivity contribution in [3.05, 3.63) is 60.4 Å². The van der Waals surface area contributed by atoms with Crippen molar-refractivity contribution in [2.24, 2.45) is 0 Å². The third-order valence-electron chi connectivity index (χ3n) is 1.17. The summed E-state index contributed by atoms with van der Waals surface area (Å²) < 4.78 is 0. The molecule has 0 aromatic heterocycles. The molecular weight excluding hydrogens is 264 g/mol. The first-order valence-electron chi connectivity index (χ1n) is 6.43. The average molecular weight is 292 g/mol. The fraction of sp³-hybridized carbons (Fsp3) is 0.444. The van der Waals surface area contributed by atoms with Crippen LogP contribution in [-0.4, -0.2) is 0 Å². The molecule has 0 fully saturated rings. The van der Waals surface area contributed by atoms with Gasteiger partial charge in [-0.15, -0.1) is 12.8 Å². The minimum absolute atomic E-state index is 0. The Kier molecular flexibility index (Phi) is 25.0. The maximum absolute atomic E-state index is 2.99. The van der Waals surface area contributed by atoms with Crippen molar-refractivity contribution in [1.82, 2.24) is 0 Å². The van der Waals surface area contributed by atoms with E-state index in [4.69, 9.17) is 0 Å². The Morgan fingerprint density at radius 2 is 0.947 bits per heavy atom. The Morgan fingerprint density at radius 1 is 0.684 bits per heavy atom. The van der Waals surface area contributed by atoms with Crippen LogP contribution < -0.4 is 0 Å². The van der Waals surface area contributed by atoms with E-state index in [1.54, 1.807) is 0 Å². The molecule has 0 radical (unpaired) electrons. The van der Waals surface area contributed by atoms with Gasteiger partial charge in [-0.2, -0.15) is 53.7 Å². The van der Waals surface area contributed by atoms with Gasteiger partial charge in [0.1, 0.15) is 0 Å². The maximum Gasteiger partial charge on any atom is 4.00 e. The van der Waals surface area contributed by atoms with Gasteiger partial charge >= 0.3 is 21.7 Å². The van der Waals surface area contributed by atoms with E-state index in [1.807, 2.05) is 24.3 Å². The molecule has 19 heavy (non-hydrogen) atoms. The van der Waals surface area contributed by atoms with Crippen molar-refractivity contribution < 1.29 is 21.7 Å². The summed E-state index contributed by atoms with van der Waals surface area (Å²) in [7, 11) is 0. The minimum atomic E-state index is 0. The van der Waals surface area contributed by atoms with Gasteiger partial charge in [-0.3, -0.25) is 12.2 Å². The van der Waals surface area contributed by atoms with Crippen molar-refractivity contribution in [3.63, 3.8) is 0 Å². The first-order valence-corrected chi connectivity index (χ1v) is 6.43. The van der Waals surface area contributed by atoms with Crippen LogP contribution in [0.1, 0.15) is 54.4 Å². The molecule has 0 amide bonds. The summed E-state index contributed by atoms with van der Waals surface area (Å²) >= 11 is 0. The molecule has 0 nitrogen and oxygen atoms in total. The third kappa shape index (κ3) is 46.4. The quantitative estimate of drug-likeness (QED) is 0.388. The number of hydrogen-bond donors (Lipinski definition) is 0. The van der Waals surface area contributed by atoms with Crippen LogP contribution in [0.2, 0.25) is 0 Å². The van der Waals surface area contributed by atoms with Crippen LogP contribution in [0.3, 0.4) is 0 Å². The fourth-order valence-electron chi connectivity index (χ4n) is 0.680. The van der Waals surface area contributed by atoms with Crippen molar-refractivity contribution in [1.29, 1.82) is 0 Å². The van der Waals surface area contributed by atoms with Crippen LogP contribution in [0.15, 0.2) is 36.5 Å². The summed E-state index contributed by atoms with van der Waals surface area (Å²) in [4.78, 5) is 0. The monoisotopic (exact) mass is 292 g/mol. The first-order chi connectivity index (χ1) is 8.46. The van der Waals surface area contributed by atoms with Crippen LogP contribution in [0.4, 0.5) is 0 Å². The number of hydrogen-bond acceptors (Lipinski definition) is 0. The molecule has 0 aliphatic heterocycles. The van der Waals surface area contributed by atoms with Gasteiger partial charge in [0.05, 0.1) is 0 Å². The zero-order chi connectivity index (χ0) is 14.2. The predicted octanol–water partition coefficient (Wildman–Crippen LogP) is 5.85. The summed E-state index contributed by atoms with van der Waals surface area (Å²) in [6, 6.07) is 0. The second-order valence-electron chi connectivity index (χ2n) is 5.01. The van der Waals surface area contributed by atoms with Crippen LogP contribution in [0, 0.1) is 24.0 Å². The summed E-state index contributed by atoms with van der Waals surface area (Å²) in [6.45, 7) is 12.5. The molecule has 0 unspecified atom stereocenters. The zero-order valence-corrected chi connectivity index (χ0v) is 14.9. The van der Waals surface area contributed by atoms with E-state index in [0.717, 1.165) is 12.8 Å². The van der Waals surface area contributed by atoms with Crippen LogP contribution in [-0.2, 0) is 21.7 Å². The Morgan fingerprint density at radius 3 is 1.00 bits per heavy atom. The van der Waals surface area contributed by atoms with Gasteiger partial charge in [0, 0.05) is 0 Å². The molecule has 0 aromatic rings. The molecule has 0 bridgehead atoms. The molecule has 2 rings (SSSR count). The van der Waals surface area contributed by atoms with Crippen molar-refractivity contribution in [2.75, 3.05) is 0 Å². The molecule has 0 N–H and O–H groups in total. The Balaban J connectivity index is -0.000000178. The van der Waals surface area contributed by atoms with Crippen LogP contribution >= 0.6 is 0 Å². The number of allylic oxidation sites excluding steroid dienone is 8. The van der Waals surface area contributed by atoms with Crippen molar-refractivity contribution in [3.8, 4) is 0 Å². The first kappa shape index (κ1) is 23.7. The number of rotatable bonds is 0. The molecule has 0 saturated carbocycles. The van der Waals surface area contributed by atoms with Crippen LogP contribution in [0.25, 0.3) is 0 Å². The van der Waals surface area contributed by atoms with Gasteiger partial charge in [0.15, 0.2) is 0 Å². The van der Waals surface area contributed by atoms with E-state index >= 15 is 0 Å². The molecule has 0 heterocycles. The summed E-state index contributed by atoms with van der Waals surface area (Å²) in [5, 5.41) is 0.